The molecular weight excluding hydrogens is 314 g/mol. The third-order valence-corrected chi connectivity index (χ3v) is 4.37. The summed E-state index contributed by atoms with van der Waals surface area (Å²) in [7, 11) is 3.97. The molecule has 2 amide bonds. The number of fused-ring (bicyclic) bond motifs is 1. The minimum atomic E-state index is -0.210. The molecule has 3 rings (SSSR count). The van der Waals surface area contributed by atoms with Crippen molar-refractivity contribution in [2.75, 3.05) is 32.6 Å². The predicted molar refractivity (Wildman–Crippen MR) is 100 cm³/mol. The molecule has 25 heavy (non-hydrogen) atoms. The molecule has 0 unspecified atom stereocenters. The van der Waals surface area contributed by atoms with Crippen LogP contribution in [0.15, 0.2) is 42.5 Å². The summed E-state index contributed by atoms with van der Waals surface area (Å²) in [5, 5.41) is 5.84. The fourth-order valence-corrected chi connectivity index (χ4v) is 2.93. The average Bonchev–Trinajstić information content (AvgIpc) is 3.04. The van der Waals surface area contributed by atoms with Crippen LogP contribution < -0.4 is 15.4 Å². The zero-order chi connectivity index (χ0) is 17.8. The number of carbonyl (C=O) groups excluding carboxylic acids is 1. The maximum absolute atomic E-state index is 12.2. The van der Waals surface area contributed by atoms with E-state index in [2.05, 4.69) is 16.7 Å². The number of urea groups is 1. The van der Waals surface area contributed by atoms with E-state index in [1.165, 1.54) is 5.56 Å². The van der Waals surface area contributed by atoms with Crippen LogP contribution in [0.3, 0.4) is 0 Å². The molecule has 130 valence electrons. The van der Waals surface area contributed by atoms with Crippen molar-refractivity contribution < 1.29 is 14.1 Å². The molecule has 1 heterocycles. The Hall–Kier alpha value is -2.82. The van der Waals surface area contributed by atoms with Crippen LogP contribution in [-0.2, 0) is 6.42 Å². The molecular formula is C20H24N3O2+. The van der Waals surface area contributed by atoms with E-state index in [1.54, 1.807) is 0 Å². The minimum Gasteiger partial charge on any atom is -0.493 e. The smallest absolute Gasteiger partial charge is 0.319 e. The van der Waals surface area contributed by atoms with Crippen molar-refractivity contribution in [1.82, 2.24) is 5.32 Å². The lowest BCUT2D eigenvalue weighted by Gasteiger charge is -2.11. The van der Waals surface area contributed by atoms with Gasteiger partial charge in [-0.3, -0.25) is 0 Å². The Morgan fingerprint density at radius 3 is 2.76 bits per heavy atom. The Bertz CT molecular complexity index is 823. The van der Waals surface area contributed by atoms with Gasteiger partial charge in [-0.25, -0.2) is 9.37 Å². The van der Waals surface area contributed by atoms with E-state index in [9.17, 15) is 4.79 Å². The van der Waals surface area contributed by atoms with Crippen molar-refractivity contribution in [1.29, 1.82) is 0 Å². The number of benzene rings is 2. The number of nitrogens with one attached hydrogen (secondary N) is 2. The molecule has 0 aromatic heterocycles. The average molecular weight is 338 g/mol. The van der Waals surface area contributed by atoms with Gasteiger partial charge in [0, 0.05) is 17.7 Å². The van der Waals surface area contributed by atoms with Crippen LogP contribution >= 0.6 is 0 Å². The van der Waals surface area contributed by atoms with E-state index >= 15 is 0 Å². The molecule has 2 aromatic carbocycles. The predicted octanol–water partition coefficient (Wildman–Crippen LogP) is 2.81. The number of carbonyl (C=O) groups is 1. The summed E-state index contributed by atoms with van der Waals surface area (Å²) in [6.45, 7) is 3.16. The van der Waals surface area contributed by atoms with Crippen LogP contribution in [0.4, 0.5) is 10.5 Å². The number of anilines is 1. The molecule has 0 saturated carbocycles. The van der Waals surface area contributed by atoms with Gasteiger partial charge in [0.1, 0.15) is 26.4 Å². The Morgan fingerprint density at radius 1 is 1.20 bits per heavy atom. The molecule has 0 spiro atoms. The highest BCUT2D eigenvalue weighted by Gasteiger charge is 2.18. The lowest BCUT2D eigenvalue weighted by atomic mass is 10.0. The number of aryl methyl sites for hydroxylation is 1. The SMILES string of the molecule is Cc1ccccc1NC(=O)NCC(c1ccc2c(c1)CCO2)=[N+](C)C. The molecule has 1 aliphatic heterocycles. The largest absolute Gasteiger partial charge is 0.493 e. The molecule has 0 fully saturated rings. The third kappa shape index (κ3) is 3.99. The van der Waals surface area contributed by atoms with Crippen LogP contribution in [0, 0.1) is 6.92 Å². The summed E-state index contributed by atoms with van der Waals surface area (Å²) in [6.07, 6.45) is 0.936. The van der Waals surface area contributed by atoms with Crippen LogP contribution in [-0.4, -0.2) is 43.6 Å². The number of ether oxygens (including phenoxy) is 1. The van der Waals surface area contributed by atoms with Gasteiger partial charge in [-0.15, -0.1) is 0 Å². The van der Waals surface area contributed by atoms with Gasteiger partial charge in [0.15, 0.2) is 0 Å². The maximum atomic E-state index is 12.2. The molecule has 0 atom stereocenters. The van der Waals surface area contributed by atoms with Crippen molar-refractivity contribution in [2.45, 2.75) is 13.3 Å². The van der Waals surface area contributed by atoms with E-state index in [1.807, 2.05) is 62.0 Å². The van der Waals surface area contributed by atoms with Crippen LogP contribution in [0.2, 0.25) is 0 Å². The molecule has 2 aromatic rings. The van der Waals surface area contributed by atoms with Gasteiger partial charge >= 0.3 is 6.03 Å². The molecule has 0 bridgehead atoms. The van der Waals surface area contributed by atoms with Crippen molar-refractivity contribution >= 4 is 17.4 Å². The molecule has 2 N–H and O–H groups in total. The highest BCUT2D eigenvalue weighted by molar-refractivity contribution is 6.01. The fraction of sp³-hybridized carbons (Fsp3) is 0.300. The number of amides is 2. The number of para-hydroxylation sites is 1. The monoisotopic (exact) mass is 338 g/mol. The number of hydrogen-bond donors (Lipinski definition) is 2. The van der Waals surface area contributed by atoms with Crippen molar-refractivity contribution in [3.8, 4) is 5.75 Å². The fourth-order valence-electron chi connectivity index (χ4n) is 2.93. The van der Waals surface area contributed by atoms with Gasteiger partial charge < -0.3 is 15.4 Å². The van der Waals surface area contributed by atoms with Gasteiger partial charge in [0.05, 0.1) is 6.61 Å². The first-order valence-corrected chi connectivity index (χ1v) is 8.44. The van der Waals surface area contributed by atoms with Gasteiger partial charge in [-0.2, -0.15) is 0 Å². The van der Waals surface area contributed by atoms with E-state index in [4.69, 9.17) is 4.74 Å². The topological polar surface area (TPSA) is 53.4 Å². The first kappa shape index (κ1) is 17.0. The van der Waals surface area contributed by atoms with E-state index in [0.29, 0.717) is 6.54 Å². The Balaban J connectivity index is 1.68. The molecule has 5 nitrogen and oxygen atoms in total. The van der Waals surface area contributed by atoms with Gasteiger partial charge in [0.25, 0.3) is 0 Å². The summed E-state index contributed by atoms with van der Waals surface area (Å²) in [5.41, 5.74) is 5.23. The second kappa shape index (κ2) is 7.38. The normalized spacial score (nSPS) is 12.1. The summed E-state index contributed by atoms with van der Waals surface area (Å²) in [5.74, 6) is 0.965. The molecule has 0 aliphatic carbocycles. The molecule has 1 aliphatic rings. The molecule has 5 heteroatoms. The van der Waals surface area contributed by atoms with Crippen molar-refractivity contribution in [3.63, 3.8) is 0 Å². The number of rotatable bonds is 4. The number of nitrogens with zero attached hydrogens (tertiary/aromatic N) is 1. The first-order chi connectivity index (χ1) is 12.0. The Labute approximate surface area is 148 Å². The van der Waals surface area contributed by atoms with Gasteiger partial charge in [-0.05, 0) is 42.3 Å². The first-order valence-electron chi connectivity index (χ1n) is 8.44. The van der Waals surface area contributed by atoms with Crippen LogP contribution in [0.25, 0.3) is 0 Å². The minimum absolute atomic E-state index is 0.210. The van der Waals surface area contributed by atoms with E-state index in [0.717, 1.165) is 41.3 Å². The standard InChI is InChI=1S/C20H23N3O2/c1-14-6-4-5-7-17(14)22-20(24)21-13-18(23(2)3)15-8-9-19-16(12-15)10-11-25-19/h4-9,12H,10-11,13H2,1-3H3,(H-,21,22,24)/p+1. The third-order valence-electron chi connectivity index (χ3n) is 4.37. The highest BCUT2D eigenvalue weighted by Crippen LogP contribution is 2.26. The molecule has 0 radical (unpaired) electrons. The maximum Gasteiger partial charge on any atom is 0.319 e. The zero-order valence-electron chi connectivity index (χ0n) is 14.9. The second-order valence-electron chi connectivity index (χ2n) is 6.38. The lowest BCUT2D eigenvalue weighted by Crippen LogP contribution is -2.36. The summed E-state index contributed by atoms with van der Waals surface area (Å²) < 4.78 is 7.60. The van der Waals surface area contributed by atoms with Crippen molar-refractivity contribution in [3.05, 3.63) is 59.2 Å². The van der Waals surface area contributed by atoms with Crippen molar-refractivity contribution in [2.24, 2.45) is 0 Å². The Kier molecular flexibility index (Phi) is 5.03. The van der Waals surface area contributed by atoms with Gasteiger partial charge in [-0.1, -0.05) is 18.2 Å². The van der Waals surface area contributed by atoms with E-state index in [-0.39, 0.29) is 6.03 Å². The lowest BCUT2D eigenvalue weighted by molar-refractivity contribution is -0.464. The highest BCUT2D eigenvalue weighted by atomic mass is 16.5. The summed E-state index contributed by atoms with van der Waals surface area (Å²) >= 11 is 0. The number of hydrogen-bond acceptors (Lipinski definition) is 2. The van der Waals surface area contributed by atoms with Gasteiger partial charge in [0.2, 0.25) is 5.71 Å². The zero-order valence-corrected chi connectivity index (χ0v) is 14.9. The summed E-state index contributed by atoms with van der Waals surface area (Å²) in [6, 6.07) is 13.7. The quantitative estimate of drug-likeness (QED) is 0.665. The Morgan fingerprint density at radius 2 is 2.00 bits per heavy atom. The second-order valence-corrected chi connectivity index (χ2v) is 6.38. The van der Waals surface area contributed by atoms with Crippen LogP contribution in [0.5, 0.6) is 5.75 Å². The van der Waals surface area contributed by atoms with E-state index < -0.39 is 0 Å². The van der Waals surface area contributed by atoms with Crippen LogP contribution in [0.1, 0.15) is 16.7 Å². The summed E-state index contributed by atoms with van der Waals surface area (Å²) in [4.78, 5) is 12.2. The molecule has 0 saturated heterocycles.